The number of aliphatic hydroxyl groups excluding tert-OH is 1. The second-order valence-corrected chi connectivity index (χ2v) is 5.50. The molecule has 3 N–H and O–H groups in total. The lowest BCUT2D eigenvalue weighted by atomic mass is 10.1. The summed E-state index contributed by atoms with van der Waals surface area (Å²) in [5, 5.41) is 22.7. The van der Waals surface area contributed by atoms with Gasteiger partial charge in [-0.1, -0.05) is 35.9 Å². The standard InChI is InChI=1S/C18H18ClNO4/c1-24-14-8-6-12(7-9-14)10-13(18(22)23)11-17(21)20-16-5-3-2-4-15(16)19/h2-10,17,20-21H,11H2,1H3,(H,22,23)/b13-10-. The van der Waals surface area contributed by atoms with Gasteiger partial charge < -0.3 is 20.3 Å². The SMILES string of the molecule is COc1ccc(/C=C(/CC(O)Nc2ccccc2Cl)C(=O)O)cc1. The Kier molecular flexibility index (Phi) is 6.23. The molecule has 5 nitrogen and oxygen atoms in total. The maximum atomic E-state index is 11.4. The maximum Gasteiger partial charge on any atom is 0.331 e. The predicted octanol–water partition coefficient (Wildman–Crippen LogP) is 3.64. The number of nitrogens with one attached hydrogen (secondary N) is 1. The molecule has 0 aliphatic carbocycles. The van der Waals surface area contributed by atoms with Gasteiger partial charge in [0.1, 0.15) is 12.0 Å². The van der Waals surface area contributed by atoms with E-state index in [-0.39, 0.29) is 12.0 Å². The van der Waals surface area contributed by atoms with Gasteiger partial charge in [0, 0.05) is 12.0 Å². The summed E-state index contributed by atoms with van der Waals surface area (Å²) in [5.41, 5.74) is 1.33. The molecule has 0 spiro atoms. The van der Waals surface area contributed by atoms with Crippen molar-refractivity contribution in [2.45, 2.75) is 12.6 Å². The van der Waals surface area contributed by atoms with E-state index < -0.39 is 12.2 Å². The lowest BCUT2D eigenvalue weighted by Gasteiger charge is -2.15. The van der Waals surface area contributed by atoms with E-state index in [1.807, 2.05) is 0 Å². The van der Waals surface area contributed by atoms with E-state index in [9.17, 15) is 15.0 Å². The van der Waals surface area contributed by atoms with Crippen LogP contribution >= 0.6 is 11.6 Å². The molecule has 0 heterocycles. The quantitative estimate of drug-likeness (QED) is 0.526. The van der Waals surface area contributed by atoms with Crippen molar-refractivity contribution in [1.82, 2.24) is 0 Å². The Labute approximate surface area is 145 Å². The minimum Gasteiger partial charge on any atom is -0.497 e. The van der Waals surface area contributed by atoms with Crippen LogP contribution in [0.25, 0.3) is 6.08 Å². The number of carboxylic acid groups (broad SMARTS) is 1. The summed E-state index contributed by atoms with van der Waals surface area (Å²) in [4.78, 5) is 11.4. The topological polar surface area (TPSA) is 78.8 Å². The van der Waals surface area contributed by atoms with Crippen molar-refractivity contribution in [3.63, 3.8) is 0 Å². The summed E-state index contributed by atoms with van der Waals surface area (Å²) in [7, 11) is 1.56. The summed E-state index contributed by atoms with van der Waals surface area (Å²) in [6.45, 7) is 0. The summed E-state index contributed by atoms with van der Waals surface area (Å²) in [6, 6.07) is 13.9. The Morgan fingerprint density at radius 1 is 1.25 bits per heavy atom. The molecular weight excluding hydrogens is 330 g/mol. The highest BCUT2D eigenvalue weighted by Gasteiger charge is 2.14. The number of methoxy groups -OCH3 is 1. The third kappa shape index (κ3) is 5.01. The van der Waals surface area contributed by atoms with Crippen LogP contribution in [0.2, 0.25) is 5.02 Å². The van der Waals surface area contributed by atoms with Crippen molar-refractivity contribution < 1.29 is 19.7 Å². The number of aliphatic carboxylic acids is 1. The molecule has 0 aliphatic heterocycles. The van der Waals surface area contributed by atoms with E-state index in [1.54, 1.807) is 55.6 Å². The summed E-state index contributed by atoms with van der Waals surface area (Å²) in [6.07, 6.45) is 0.358. The van der Waals surface area contributed by atoms with Crippen LogP contribution in [-0.4, -0.2) is 29.5 Å². The summed E-state index contributed by atoms with van der Waals surface area (Å²) in [5.74, 6) is -0.407. The zero-order chi connectivity index (χ0) is 17.5. The van der Waals surface area contributed by atoms with Crippen LogP contribution in [0.3, 0.4) is 0 Å². The smallest absolute Gasteiger partial charge is 0.331 e. The zero-order valence-corrected chi connectivity index (χ0v) is 13.8. The van der Waals surface area contributed by atoms with Crippen molar-refractivity contribution in [1.29, 1.82) is 0 Å². The van der Waals surface area contributed by atoms with E-state index >= 15 is 0 Å². The molecule has 0 aromatic heterocycles. The van der Waals surface area contributed by atoms with Crippen LogP contribution in [-0.2, 0) is 4.79 Å². The van der Waals surface area contributed by atoms with Crippen molar-refractivity contribution in [3.05, 3.63) is 64.7 Å². The third-order valence-electron chi connectivity index (χ3n) is 3.34. The molecule has 2 rings (SSSR count). The van der Waals surface area contributed by atoms with Gasteiger partial charge in [-0.3, -0.25) is 0 Å². The largest absolute Gasteiger partial charge is 0.497 e. The van der Waals surface area contributed by atoms with Crippen LogP contribution in [0, 0.1) is 0 Å². The Balaban J connectivity index is 2.11. The van der Waals surface area contributed by atoms with E-state index in [2.05, 4.69) is 5.32 Å². The van der Waals surface area contributed by atoms with Gasteiger partial charge in [-0.2, -0.15) is 0 Å². The van der Waals surface area contributed by atoms with Gasteiger partial charge in [0.05, 0.1) is 17.8 Å². The number of carbonyl (C=O) groups is 1. The van der Waals surface area contributed by atoms with Crippen molar-refractivity contribution >= 4 is 29.3 Å². The first-order chi connectivity index (χ1) is 11.5. The Hall–Kier alpha value is -2.50. The van der Waals surface area contributed by atoms with E-state index in [1.165, 1.54) is 6.08 Å². The number of para-hydroxylation sites is 1. The van der Waals surface area contributed by atoms with Crippen molar-refractivity contribution in [3.8, 4) is 5.75 Å². The number of hydrogen-bond donors (Lipinski definition) is 3. The Morgan fingerprint density at radius 3 is 2.50 bits per heavy atom. The fourth-order valence-electron chi connectivity index (χ4n) is 2.13. The molecule has 2 aromatic rings. The molecule has 0 radical (unpaired) electrons. The molecule has 0 saturated carbocycles. The molecule has 0 fully saturated rings. The number of carboxylic acids is 1. The zero-order valence-electron chi connectivity index (χ0n) is 13.1. The Bertz CT molecular complexity index is 728. The molecular formula is C18H18ClNO4. The third-order valence-corrected chi connectivity index (χ3v) is 3.67. The normalized spacial score (nSPS) is 12.5. The monoisotopic (exact) mass is 347 g/mol. The van der Waals surface area contributed by atoms with E-state index in [0.717, 1.165) is 0 Å². The van der Waals surface area contributed by atoms with E-state index in [4.69, 9.17) is 16.3 Å². The molecule has 2 aromatic carbocycles. The highest BCUT2D eigenvalue weighted by molar-refractivity contribution is 6.33. The average Bonchev–Trinajstić information content (AvgIpc) is 2.57. The predicted molar refractivity (Wildman–Crippen MR) is 94.3 cm³/mol. The number of aliphatic hydroxyl groups is 1. The lowest BCUT2D eigenvalue weighted by molar-refractivity contribution is -0.132. The molecule has 1 unspecified atom stereocenters. The second-order valence-electron chi connectivity index (χ2n) is 5.09. The Morgan fingerprint density at radius 2 is 1.92 bits per heavy atom. The molecule has 24 heavy (non-hydrogen) atoms. The van der Waals surface area contributed by atoms with Crippen LogP contribution in [0.1, 0.15) is 12.0 Å². The highest BCUT2D eigenvalue weighted by atomic mass is 35.5. The number of anilines is 1. The van der Waals surface area contributed by atoms with Crippen molar-refractivity contribution in [2.24, 2.45) is 0 Å². The first kappa shape index (κ1) is 17.8. The van der Waals surface area contributed by atoms with Crippen molar-refractivity contribution in [2.75, 3.05) is 12.4 Å². The van der Waals surface area contributed by atoms with Gasteiger partial charge in [-0.25, -0.2) is 4.79 Å². The molecule has 0 aliphatic rings. The molecule has 0 bridgehead atoms. The number of halogens is 1. The minimum atomic E-state index is -1.09. The van der Waals surface area contributed by atoms with Gasteiger partial charge >= 0.3 is 5.97 Å². The minimum absolute atomic E-state index is 0.0761. The average molecular weight is 348 g/mol. The second kappa shape index (κ2) is 8.38. The molecule has 126 valence electrons. The van der Waals surface area contributed by atoms with Crippen LogP contribution < -0.4 is 10.1 Å². The fraction of sp³-hybridized carbons (Fsp3) is 0.167. The summed E-state index contributed by atoms with van der Waals surface area (Å²) < 4.78 is 5.06. The number of rotatable bonds is 7. The fourth-order valence-corrected chi connectivity index (χ4v) is 2.32. The first-order valence-electron chi connectivity index (χ1n) is 7.26. The highest BCUT2D eigenvalue weighted by Crippen LogP contribution is 2.23. The van der Waals surface area contributed by atoms with Crippen LogP contribution in [0.4, 0.5) is 5.69 Å². The molecule has 0 saturated heterocycles. The van der Waals surface area contributed by atoms with Gasteiger partial charge in [0.15, 0.2) is 0 Å². The molecule has 6 heteroatoms. The first-order valence-corrected chi connectivity index (χ1v) is 7.64. The molecule has 0 amide bonds. The van der Waals surface area contributed by atoms with Gasteiger partial charge in [-0.05, 0) is 35.9 Å². The van der Waals surface area contributed by atoms with Gasteiger partial charge in [0.2, 0.25) is 0 Å². The molecule has 1 atom stereocenters. The van der Waals surface area contributed by atoms with Gasteiger partial charge in [0.25, 0.3) is 0 Å². The lowest BCUT2D eigenvalue weighted by Crippen LogP contribution is -2.21. The number of ether oxygens (including phenoxy) is 1. The van der Waals surface area contributed by atoms with Crippen LogP contribution in [0.15, 0.2) is 54.1 Å². The number of benzene rings is 2. The van der Waals surface area contributed by atoms with Gasteiger partial charge in [-0.15, -0.1) is 0 Å². The number of hydrogen-bond acceptors (Lipinski definition) is 4. The summed E-state index contributed by atoms with van der Waals surface area (Å²) >= 11 is 6.01. The maximum absolute atomic E-state index is 11.4. The van der Waals surface area contributed by atoms with E-state index in [0.29, 0.717) is 22.0 Å². The van der Waals surface area contributed by atoms with Crippen LogP contribution in [0.5, 0.6) is 5.75 Å².